The van der Waals surface area contributed by atoms with E-state index < -0.39 is 0 Å². The van der Waals surface area contributed by atoms with Gasteiger partial charge < -0.3 is 5.32 Å². The highest BCUT2D eigenvalue weighted by molar-refractivity contribution is 7.98. The Bertz CT molecular complexity index is 383. The van der Waals surface area contributed by atoms with Gasteiger partial charge in [-0.05, 0) is 11.7 Å². The normalized spacial score (nSPS) is 11.9. The van der Waals surface area contributed by atoms with E-state index in [4.69, 9.17) is 0 Å². The second kappa shape index (κ2) is 6.41. The van der Waals surface area contributed by atoms with Crippen LogP contribution in [-0.4, -0.2) is 22.8 Å². The van der Waals surface area contributed by atoms with Gasteiger partial charge in [-0.3, -0.25) is 0 Å². The summed E-state index contributed by atoms with van der Waals surface area (Å²) in [7, 11) is 1.90. The third-order valence-corrected chi connectivity index (χ3v) is 3.84. The lowest BCUT2D eigenvalue weighted by Crippen LogP contribution is -2.16. The number of rotatable bonds is 5. The van der Waals surface area contributed by atoms with E-state index in [2.05, 4.69) is 49.9 Å². The van der Waals surface area contributed by atoms with E-state index in [1.807, 2.05) is 24.9 Å². The second-order valence-electron chi connectivity index (χ2n) is 5.96. The van der Waals surface area contributed by atoms with Gasteiger partial charge in [0, 0.05) is 18.5 Å². The number of thioether (sulfide) groups is 1. The van der Waals surface area contributed by atoms with Crippen molar-refractivity contribution >= 4 is 17.6 Å². The van der Waals surface area contributed by atoms with Gasteiger partial charge in [0.05, 0.1) is 11.4 Å². The summed E-state index contributed by atoms with van der Waals surface area (Å²) in [4.78, 5) is 9.20. The number of hydrogen-bond donors (Lipinski definition) is 1. The molecule has 1 aromatic heterocycles. The van der Waals surface area contributed by atoms with Crippen molar-refractivity contribution < 1.29 is 0 Å². The van der Waals surface area contributed by atoms with Crippen LogP contribution in [0.3, 0.4) is 0 Å². The topological polar surface area (TPSA) is 37.8 Å². The highest BCUT2D eigenvalue weighted by Crippen LogP contribution is 2.23. The zero-order valence-corrected chi connectivity index (χ0v) is 13.2. The summed E-state index contributed by atoms with van der Waals surface area (Å²) in [6.45, 7) is 11.0. The van der Waals surface area contributed by atoms with Crippen molar-refractivity contribution in [1.29, 1.82) is 0 Å². The molecule has 0 unspecified atom stereocenters. The number of aromatic nitrogens is 2. The molecule has 0 aliphatic rings. The third-order valence-electron chi connectivity index (χ3n) is 2.48. The van der Waals surface area contributed by atoms with Crippen LogP contribution < -0.4 is 5.32 Å². The maximum Gasteiger partial charge on any atom is 0.140 e. The number of hydrogen-bond acceptors (Lipinski definition) is 4. The van der Waals surface area contributed by atoms with Crippen LogP contribution in [0.2, 0.25) is 0 Å². The molecule has 1 aromatic rings. The lowest BCUT2D eigenvalue weighted by atomic mass is 9.92. The fraction of sp³-hybridized carbons (Fsp3) is 0.714. The van der Waals surface area contributed by atoms with Gasteiger partial charge in [-0.2, -0.15) is 11.8 Å². The van der Waals surface area contributed by atoms with Gasteiger partial charge in [0.15, 0.2) is 0 Å². The van der Waals surface area contributed by atoms with E-state index in [0.29, 0.717) is 5.92 Å². The van der Waals surface area contributed by atoms with Crippen LogP contribution >= 0.6 is 11.8 Å². The van der Waals surface area contributed by atoms with Gasteiger partial charge in [-0.25, -0.2) is 9.97 Å². The van der Waals surface area contributed by atoms with Crippen molar-refractivity contribution in [2.75, 3.05) is 18.1 Å². The summed E-state index contributed by atoms with van der Waals surface area (Å²) in [5.74, 6) is 4.59. The molecule has 1 N–H and O–H groups in total. The van der Waals surface area contributed by atoms with Crippen molar-refractivity contribution in [3.8, 4) is 0 Å². The Morgan fingerprint density at radius 2 is 1.94 bits per heavy atom. The number of nitrogens with one attached hydrogen (secondary N) is 1. The molecule has 0 saturated heterocycles. The molecule has 0 amide bonds. The monoisotopic (exact) mass is 267 g/mol. The van der Waals surface area contributed by atoms with Crippen molar-refractivity contribution in [2.24, 2.45) is 5.92 Å². The Balaban J connectivity index is 2.84. The Morgan fingerprint density at radius 3 is 2.44 bits per heavy atom. The molecule has 1 heterocycles. The standard InChI is InChI=1S/C14H25N3S/c1-10(2)8-18-9-13-16-11(14(3,4)5)7-12(15-6)17-13/h7,10H,8-9H2,1-6H3,(H,15,16,17). The molecule has 0 aromatic carbocycles. The van der Waals surface area contributed by atoms with E-state index in [0.717, 1.165) is 28.8 Å². The molecule has 3 nitrogen and oxygen atoms in total. The summed E-state index contributed by atoms with van der Waals surface area (Å²) in [5.41, 5.74) is 1.16. The van der Waals surface area contributed by atoms with Crippen molar-refractivity contribution in [2.45, 2.75) is 45.8 Å². The minimum Gasteiger partial charge on any atom is -0.373 e. The van der Waals surface area contributed by atoms with Crippen LogP contribution in [0, 0.1) is 5.92 Å². The molecule has 0 spiro atoms. The summed E-state index contributed by atoms with van der Waals surface area (Å²) in [5, 5.41) is 3.12. The molecule has 1 rings (SSSR count). The average molecular weight is 267 g/mol. The quantitative estimate of drug-likeness (QED) is 0.882. The molecule has 0 radical (unpaired) electrons. The van der Waals surface area contributed by atoms with Gasteiger partial charge in [0.1, 0.15) is 11.6 Å². The van der Waals surface area contributed by atoms with Crippen LogP contribution in [0.5, 0.6) is 0 Å². The third kappa shape index (κ3) is 4.84. The van der Waals surface area contributed by atoms with Crippen LogP contribution in [-0.2, 0) is 11.2 Å². The minimum atomic E-state index is 0.0615. The SMILES string of the molecule is CNc1cc(C(C)(C)C)nc(CSCC(C)C)n1. The zero-order chi connectivity index (χ0) is 13.8. The fourth-order valence-corrected chi connectivity index (χ4v) is 2.36. The van der Waals surface area contributed by atoms with Crippen LogP contribution in [0.1, 0.15) is 46.1 Å². The largest absolute Gasteiger partial charge is 0.373 e. The Morgan fingerprint density at radius 1 is 1.28 bits per heavy atom. The predicted molar refractivity (Wildman–Crippen MR) is 81.3 cm³/mol. The van der Waals surface area contributed by atoms with Gasteiger partial charge in [0.25, 0.3) is 0 Å². The number of anilines is 1. The van der Waals surface area contributed by atoms with E-state index >= 15 is 0 Å². The van der Waals surface area contributed by atoms with Crippen LogP contribution in [0.15, 0.2) is 6.07 Å². The van der Waals surface area contributed by atoms with Gasteiger partial charge in [-0.15, -0.1) is 0 Å². The Labute approximate surface area is 115 Å². The Hall–Kier alpha value is -0.770. The lowest BCUT2D eigenvalue weighted by Gasteiger charge is -2.19. The Kier molecular flexibility index (Phi) is 5.45. The van der Waals surface area contributed by atoms with Crippen LogP contribution in [0.25, 0.3) is 0 Å². The molecule has 4 heteroatoms. The highest BCUT2D eigenvalue weighted by Gasteiger charge is 2.17. The maximum absolute atomic E-state index is 4.68. The van der Waals surface area contributed by atoms with E-state index in [-0.39, 0.29) is 5.41 Å². The van der Waals surface area contributed by atoms with E-state index in [9.17, 15) is 0 Å². The smallest absolute Gasteiger partial charge is 0.140 e. The van der Waals surface area contributed by atoms with Crippen LogP contribution in [0.4, 0.5) is 5.82 Å². The average Bonchev–Trinajstić information content (AvgIpc) is 2.27. The second-order valence-corrected chi connectivity index (χ2v) is 6.99. The molecule has 0 fully saturated rings. The first kappa shape index (κ1) is 15.3. The minimum absolute atomic E-state index is 0.0615. The highest BCUT2D eigenvalue weighted by atomic mass is 32.2. The first-order chi connectivity index (χ1) is 8.32. The van der Waals surface area contributed by atoms with E-state index in [1.165, 1.54) is 0 Å². The fourth-order valence-electron chi connectivity index (χ4n) is 1.46. The lowest BCUT2D eigenvalue weighted by molar-refractivity contribution is 0.564. The van der Waals surface area contributed by atoms with Crippen molar-refractivity contribution in [3.05, 3.63) is 17.6 Å². The maximum atomic E-state index is 4.68. The van der Waals surface area contributed by atoms with Gasteiger partial charge >= 0.3 is 0 Å². The molecule has 0 saturated carbocycles. The number of nitrogens with zero attached hydrogens (tertiary/aromatic N) is 2. The zero-order valence-electron chi connectivity index (χ0n) is 12.4. The predicted octanol–water partition coefficient (Wildman–Crippen LogP) is 3.71. The molecule has 0 aliphatic carbocycles. The molecular weight excluding hydrogens is 242 g/mol. The molecule has 0 atom stereocenters. The first-order valence-electron chi connectivity index (χ1n) is 6.47. The molecule has 102 valence electrons. The molecular formula is C14H25N3S. The molecule has 0 bridgehead atoms. The van der Waals surface area contributed by atoms with Crippen molar-refractivity contribution in [3.63, 3.8) is 0 Å². The summed E-state index contributed by atoms with van der Waals surface area (Å²) >= 11 is 1.90. The summed E-state index contributed by atoms with van der Waals surface area (Å²) < 4.78 is 0. The first-order valence-corrected chi connectivity index (χ1v) is 7.62. The van der Waals surface area contributed by atoms with E-state index in [1.54, 1.807) is 0 Å². The van der Waals surface area contributed by atoms with Gasteiger partial charge in [0.2, 0.25) is 0 Å². The van der Waals surface area contributed by atoms with Gasteiger partial charge in [-0.1, -0.05) is 34.6 Å². The molecule has 18 heavy (non-hydrogen) atoms. The van der Waals surface area contributed by atoms with Crippen molar-refractivity contribution in [1.82, 2.24) is 9.97 Å². The molecule has 0 aliphatic heterocycles. The summed E-state index contributed by atoms with van der Waals surface area (Å²) in [6.07, 6.45) is 0. The summed E-state index contributed by atoms with van der Waals surface area (Å²) in [6, 6.07) is 2.04.